The molecule has 2 rings (SSSR count). The fraction of sp³-hybridized carbons (Fsp3) is 0.200. The molecule has 0 aliphatic heterocycles. The van der Waals surface area contributed by atoms with Crippen molar-refractivity contribution in [1.82, 2.24) is 4.98 Å². The molecule has 96 valence electrons. The molecule has 0 aliphatic rings. The van der Waals surface area contributed by atoms with Crippen LogP contribution >= 0.6 is 0 Å². The van der Waals surface area contributed by atoms with Crippen LogP contribution in [0.1, 0.15) is 11.1 Å². The highest BCUT2D eigenvalue weighted by Gasteiger charge is 2.00. The normalized spacial score (nSPS) is 9.89. The molecule has 0 aliphatic carbocycles. The first kappa shape index (κ1) is 13.1. The van der Waals surface area contributed by atoms with Gasteiger partial charge in [0.2, 0.25) is 5.88 Å². The largest absolute Gasteiger partial charge is 0.439 e. The Kier molecular flexibility index (Phi) is 4.49. The van der Waals surface area contributed by atoms with E-state index >= 15 is 0 Å². The molecule has 0 saturated heterocycles. The van der Waals surface area contributed by atoms with Crippen molar-refractivity contribution in [1.29, 1.82) is 5.26 Å². The van der Waals surface area contributed by atoms with Gasteiger partial charge in [-0.15, -0.1) is 0 Å². The summed E-state index contributed by atoms with van der Waals surface area (Å²) in [5.41, 5.74) is 1.72. The first-order valence-corrected chi connectivity index (χ1v) is 5.93. The summed E-state index contributed by atoms with van der Waals surface area (Å²) in [5, 5.41) is 8.80. The predicted octanol–water partition coefficient (Wildman–Crippen LogP) is 2.93. The van der Waals surface area contributed by atoms with Crippen LogP contribution in [0, 0.1) is 11.3 Å². The van der Waals surface area contributed by atoms with Crippen LogP contribution in [-0.4, -0.2) is 18.7 Å². The van der Waals surface area contributed by atoms with Crippen LogP contribution in [0.25, 0.3) is 0 Å². The number of methoxy groups -OCH3 is 1. The van der Waals surface area contributed by atoms with Crippen LogP contribution in [0.4, 0.5) is 0 Å². The van der Waals surface area contributed by atoms with Crippen LogP contribution in [0.15, 0.2) is 42.6 Å². The smallest absolute Gasteiger partial charge is 0.220 e. The molecule has 1 aromatic heterocycles. The molecule has 0 spiro atoms. The maximum absolute atomic E-state index is 8.80. The lowest BCUT2D eigenvalue weighted by Gasteiger charge is -2.06. The summed E-state index contributed by atoms with van der Waals surface area (Å²) in [6.45, 7) is 0.700. The van der Waals surface area contributed by atoms with Gasteiger partial charge >= 0.3 is 0 Å². The summed E-state index contributed by atoms with van der Waals surface area (Å²) in [6, 6.07) is 13.0. The fourth-order valence-corrected chi connectivity index (χ4v) is 1.60. The molecule has 0 unspecified atom stereocenters. The van der Waals surface area contributed by atoms with Gasteiger partial charge in [0.15, 0.2) is 0 Å². The minimum atomic E-state index is 0.420. The van der Waals surface area contributed by atoms with Gasteiger partial charge in [0, 0.05) is 19.4 Å². The number of pyridine rings is 1. The van der Waals surface area contributed by atoms with E-state index in [0.29, 0.717) is 23.8 Å². The van der Waals surface area contributed by atoms with Crippen molar-refractivity contribution in [2.75, 3.05) is 13.7 Å². The summed E-state index contributed by atoms with van der Waals surface area (Å²) in [5.74, 6) is 1.12. The second kappa shape index (κ2) is 6.53. The topological polar surface area (TPSA) is 55.1 Å². The van der Waals surface area contributed by atoms with Crippen molar-refractivity contribution in [3.05, 3.63) is 53.7 Å². The van der Waals surface area contributed by atoms with Gasteiger partial charge in [-0.25, -0.2) is 4.98 Å². The number of hydrogen-bond donors (Lipinski definition) is 0. The van der Waals surface area contributed by atoms with Gasteiger partial charge in [0.1, 0.15) is 5.75 Å². The molecule has 0 saturated carbocycles. The van der Waals surface area contributed by atoms with Crippen molar-refractivity contribution >= 4 is 0 Å². The Hall–Kier alpha value is -2.38. The monoisotopic (exact) mass is 254 g/mol. The molecular weight excluding hydrogens is 240 g/mol. The molecule has 0 bridgehead atoms. The van der Waals surface area contributed by atoms with E-state index in [1.807, 2.05) is 24.3 Å². The number of nitrogens with zero attached hydrogens (tertiary/aromatic N) is 2. The Bertz CT molecular complexity index is 573. The molecular formula is C15H14N2O2. The Morgan fingerprint density at radius 3 is 2.68 bits per heavy atom. The molecule has 0 atom stereocenters. The van der Waals surface area contributed by atoms with E-state index in [0.717, 1.165) is 6.42 Å². The minimum absolute atomic E-state index is 0.420. The van der Waals surface area contributed by atoms with Gasteiger partial charge in [0.25, 0.3) is 0 Å². The third kappa shape index (κ3) is 3.80. The molecule has 0 N–H and O–H groups in total. The first-order valence-electron chi connectivity index (χ1n) is 5.93. The van der Waals surface area contributed by atoms with Crippen molar-refractivity contribution in [3.8, 4) is 17.7 Å². The van der Waals surface area contributed by atoms with Crippen molar-refractivity contribution in [3.63, 3.8) is 0 Å². The van der Waals surface area contributed by atoms with Crippen LogP contribution in [0.2, 0.25) is 0 Å². The average Bonchev–Trinajstić information content (AvgIpc) is 2.47. The van der Waals surface area contributed by atoms with Crippen molar-refractivity contribution < 1.29 is 9.47 Å². The summed E-state index contributed by atoms with van der Waals surface area (Å²) >= 11 is 0. The highest BCUT2D eigenvalue weighted by Crippen LogP contribution is 2.20. The fourth-order valence-electron chi connectivity index (χ4n) is 1.60. The second-order valence-corrected chi connectivity index (χ2v) is 3.98. The SMILES string of the molecule is COCCc1ccc(Oc2cc(C#N)ccn2)cc1. The Morgan fingerprint density at radius 2 is 2.00 bits per heavy atom. The summed E-state index contributed by atoms with van der Waals surface area (Å²) in [7, 11) is 1.69. The molecule has 4 nitrogen and oxygen atoms in total. The standard InChI is InChI=1S/C15H14N2O2/c1-18-9-7-12-2-4-14(5-3-12)19-15-10-13(11-16)6-8-17-15/h2-6,8,10H,7,9H2,1H3. The zero-order chi connectivity index (χ0) is 13.5. The van der Waals surface area contributed by atoms with Gasteiger partial charge < -0.3 is 9.47 Å². The first-order chi connectivity index (χ1) is 9.31. The highest BCUT2D eigenvalue weighted by atomic mass is 16.5. The zero-order valence-electron chi connectivity index (χ0n) is 10.7. The van der Waals surface area contributed by atoms with Crippen LogP contribution in [0.5, 0.6) is 11.6 Å². The third-order valence-corrected chi connectivity index (χ3v) is 2.60. The lowest BCUT2D eigenvalue weighted by atomic mass is 10.1. The Morgan fingerprint density at radius 1 is 1.21 bits per heavy atom. The lowest BCUT2D eigenvalue weighted by molar-refractivity contribution is 0.202. The highest BCUT2D eigenvalue weighted by molar-refractivity contribution is 5.35. The maximum atomic E-state index is 8.80. The Labute approximate surface area is 112 Å². The van der Waals surface area contributed by atoms with Gasteiger partial charge in [-0.3, -0.25) is 0 Å². The molecule has 0 amide bonds. The molecule has 19 heavy (non-hydrogen) atoms. The van der Waals surface area contributed by atoms with Crippen molar-refractivity contribution in [2.45, 2.75) is 6.42 Å². The molecule has 1 heterocycles. The summed E-state index contributed by atoms with van der Waals surface area (Å²) in [6.07, 6.45) is 2.43. The van der Waals surface area contributed by atoms with E-state index in [1.54, 1.807) is 25.4 Å². The predicted molar refractivity (Wildman–Crippen MR) is 71.0 cm³/mol. The molecule has 0 fully saturated rings. The van der Waals surface area contributed by atoms with Gasteiger partial charge in [0.05, 0.1) is 18.2 Å². The summed E-state index contributed by atoms with van der Waals surface area (Å²) in [4.78, 5) is 4.06. The van der Waals surface area contributed by atoms with Gasteiger partial charge in [-0.2, -0.15) is 5.26 Å². The van der Waals surface area contributed by atoms with Crippen molar-refractivity contribution in [2.24, 2.45) is 0 Å². The van der Waals surface area contributed by atoms with Gasteiger partial charge in [-0.1, -0.05) is 12.1 Å². The van der Waals surface area contributed by atoms with E-state index in [9.17, 15) is 0 Å². The molecule has 1 aromatic carbocycles. The van der Waals surface area contributed by atoms with E-state index in [2.05, 4.69) is 11.1 Å². The molecule has 0 radical (unpaired) electrons. The van der Waals surface area contributed by atoms with E-state index < -0.39 is 0 Å². The van der Waals surface area contributed by atoms with Crippen LogP contribution in [0.3, 0.4) is 0 Å². The number of benzene rings is 1. The zero-order valence-corrected chi connectivity index (χ0v) is 10.7. The third-order valence-electron chi connectivity index (χ3n) is 2.60. The number of nitriles is 1. The van der Waals surface area contributed by atoms with Crippen LogP contribution < -0.4 is 4.74 Å². The number of hydrogen-bond acceptors (Lipinski definition) is 4. The number of rotatable bonds is 5. The maximum Gasteiger partial charge on any atom is 0.220 e. The lowest BCUT2D eigenvalue weighted by Crippen LogP contribution is -1.94. The summed E-state index contributed by atoms with van der Waals surface area (Å²) < 4.78 is 10.6. The van der Waals surface area contributed by atoms with E-state index in [1.165, 1.54) is 5.56 Å². The van der Waals surface area contributed by atoms with E-state index in [-0.39, 0.29) is 0 Å². The molecule has 2 aromatic rings. The van der Waals surface area contributed by atoms with Gasteiger partial charge in [-0.05, 0) is 30.2 Å². The number of aromatic nitrogens is 1. The minimum Gasteiger partial charge on any atom is -0.439 e. The average molecular weight is 254 g/mol. The second-order valence-electron chi connectivity index (χ2n) is 3.98. The number of ether oxygens (including phenoxy) is 2. The quantitative estimate of drug-likeness (QED) is 0.823. The molecule has 4 heteroatoms. The Balaban J connectivity index is 2.04. The van der Waals surface area contributed by atoms with E-state index in [4.69, 9.17) is 14.7 Å². The van der Waals surface area contributed by atoms with Crippen LogP contribution in [-0.2, 0) is 11.2 Å².